The Morgan fingerprint density at radius 3 is 2.50 bits per heavy atom. The van der Waals surface area contributed by atoms with Crippen LogP contribution in [0.25, 0.3) is 0 Å². The molecule has 2 aliphatic rings. The normalized spacial score (nSPS) is 17.7. The molecule has 1 aliphatic carbocycles. The Kier molecular flexibility index (Phi) is 6.32. The van der Waals surface area contributed by atoms with Crippen LogP contribution >= 0.6 is 12.2 Å². The molecule has 0 amide bonds. The number of rotatable bonds is 6. The van der Waals surface area contributed by atoms with Crippen LogP contribution in [0.2, 0.25) is 0 Å². The predicted molar refractivity (Wildman–Crippen MR) is 121 cm³/mol. The molecule has 0 radical (unpaired) electrons. The van der Waals surface area contributed by atoms with Crippen molar-refractivity contribution in [3.05, 3.63) is 41.7 Å². The largest absolute Gasteiger partial charge is 0.481 e. The fourth-order valence-electron chi connectivity index (χ4n) is 4.50. The van der Waals surface area contributed by atoms with E-state index < -0.39 is 0 Å². The zero-order valence-electron chi connectivity index (χ0n) is 17.3. The maximum atomic E-state index is 13.4. The maximum absolute atomic E-state index is 13.4. The molecule has 0 atom stereocenters. The second-order valence-electron chi connectivity index (χ2n) is 8.09. The zero-order valence-corrected chi connectivity index (χ0v) is 18.1. The van der Waals surface area contributed by atoms with E-state index in [9.17, 15) is 4.39 Å². The third-order valence-electron chi connectivity index (χ3n) is 6.16. The first-order valence-corrected chi connectivity index (χ1v) is 11.0. The third-order valence-corrected chi connectivity index (χ3v) is 6.40. The molecule has 2 heterocycles. The van der Waals surface area contributed by atoms with Gasteiger partial charge in [-0.2, -0.15) is 9.97 Å². The van der Waals surface area contributed by atoms with Crippen molar-refractivity contribution >= 4 is 29.1 Å². The minimum Gasteiger partial charge on any atom is -0.481 e. The molecule has 2 fully saturated rings. The number of hydrogen-bond donors (Lipinski definition) is 2. The van der Waals surface area contributed by atoms with Gasteiger partial charge in [-0.3, -0.25) is 0 Å². The first kappa shape index (κ1) is 20.8. The average molecular weight is 430 g/mol. The summed E-state index contributed by atoms with van der Waals surface area (Å²) in [6, 6.07) is 8.72. The SMILES string of the molecule is COc1cc(N2CCCC2)nc(NC(=S)NCC2(c3ccc(F)cc3)CCCC2)n1. The van der Waals surface area contributed by atoms with Crippen LogP contribution in [0.4, 0.5) is 16.2 Å². The van der Waals surface area contributed by atoms with Gasteiger partial charge in [0.1, 0.15) is 11.6 Å². The van der Waals surface area contributed by atoms with Crippen LogP contribution in [-0.2, 0) is 5.41 Å². The van der Waals surface area contributed by atoms with E-state index in [1.165, 1.54) is 25.0 Å². The summed E-state index contributed by atoms with van der Waals surface area (Å²) in [5.74, 6) is 1.58. The van der Waals surface area contributed by atoms with Crippen LogP contribution in [0, 0.1) is 5.82 Å². The predicted octanol–water partition coefficient (Wildman–Crippen LogP) is 4.02. The molecule has 1 aliphatic heterocycles. The Morgan fingerprint density at radius 2 is 1.83 bits per heavy atom. The number of ether oxygens (including phenoxy) is 1. The van der Waals surface area contributed by atoms with Crippen molar-refractivity contribution in [1.82, 2.24) is 15.3 Å². The Bertz CT molecular complexity index is 880. The Hall–Kier alpha value is -2.48. The van der Waals surface area contributed by atoms with Crippen molar-refractivity contribution in [2.24, 2.45) is 0 Å². The molecule has 4 rings (SSSR count). The van der Waals surface area contributed by atoms with Crippen molar-refractivity contribution < 1.29 is 9.13 Å². The third kappa shape index (κ3) is 4.64. The van der Waals surface area contributed by atoms with E-state index >= 15 is 0 Å². The van der Waals surface area contributed by atoms with Crippen LogP contribution in [-0.4, -0.2) is 41.8 Å². The highest BCUT2D eigenvalue weighted by molar-refractivity contribution is 7.80. The highest BCUT2D eigenvalue weighted by atomic mass is 32.1. The number of halogens is 1. The van der Waals surface area contributed by atoms with Gasteiger partial charge in [0, 0.05) is 31.1 Å². The van der Waals surface area contributed by atoms with E-state index in [0.717, 1.165) is 50.2 Å². The topological polar surface area (TPSA) is 62.3 Å². The van der Waals surface area contributed by atoms with E-state index in [-0.39, 0.29) is 11.2 Å². The second kappa shape index (κ2) is 9.12. The molecule has 2 N–H and O–H groups in total. The van der Waals surface area contributed by atoms with Gasteiger partial charge >= 0.3 is 0 Å². The molecule has 1 saturated carbocycles. The van der Waals surface area contributed by atoms with E-state index in [1.807, 2.05) is 18.2 Å². The zero-order chi connectivity index (χ0) is 21.0. The summed E-state index contributed by atoms with van der Waals surface area (Å²) in [6.07, 6.45) is 6.78. The molecule has 0 unspecified atom stereocenters. The van der Waals surface area contributed by atoms with Crippen LogP contribution < -0.4 is 20.3 Å². The lowest BCUT2D eigenvalue weighted by Crippen LogP contribution is -2.41. The Labute approximate surface area is 182 Å². The van der Waals surface area contributed by atoms with Gasteiger partial charge in [0.2, 0.25) is 11.8 Å². The average Bonchev–Trinajstić information content (AvgIpc) is 3.45. The fourth-order valence-corrected chi connectivity index (χ4v) is 4.66. The number of aromatic nitrogens is 2. The summed E-state index contributed by atoms with van der Waals surface area (Å²) in [5.41, 5.74) is 1.13. The van der Waals surface area contributed by atoms with Gasteiger partial charge in [0.15, 0.2) is 5.11 Å². The first-order valence-electron chi connectivity index (χ1n) is 10.6. The summed E-state index contributed by atoms with van der Waals surface area (Å²) < 4.78 is 18.7. The first-order chi connectivity index (χ1) is 14.6. The summed E-state index contributed by atoms with van der Waals surface area (Å²) in [5, 5.41) is 6.94. The molecule has 6 nitrogen and oxygen atoms in total. The smallest absolute Gasteiger partial charge is 0.234 e. The molecule has 0 bridgehead atoms. The Balaban J connectivity index is 1.44. The molecule has 1 saturated heterocycles. The van der Waals surface area contributed by atoms with Crippen molar-refractivity contribution in [1.29, 1.82) is 0 Å². The van der Waals surface area contributed by atoms with Crippen LogP contribution in [0.3, 0.4) is 0 Å². The Morgan fingerprint density at radius 1 is 1.13 bits per heavy atom. The van der Waals surface area contributed by atoms with Crippen molar-refractivity contribution in [2.75, 3.05) is 37.0 Å². The van der Waals surface area contributed by atoms with Crippen LogP contribution in [0.5, 0.6) is 5.88 Å². The monoisotopic (exact) mass is 429 g/mol. The van der Waals surface area contributed by atoms with Gasteiger partial charge in [-0.05, 0) is 55.6 Å². The van der Waals surface area contributed by atoms with Crippen molar-refractivity contribution in [3.63, 3.8) is 0 Å². The van der Waals surface area contributed by atoms with Crippen molar-refractivity contribution in [3.8, 4) is 5.88 Å². The summed E-state index contributed by atoms with van der Waals surface area (Å²) in [6.45, 7) is 2.67. The molecule has 1 aromatic heterocycles. The minimum atomic E-state index is -0.207. The van der Waals surface area contributed by atoms with Gasteiger partial charge in [-0.25, -0.2) is 4.39 Å². The molecule has 1 aromatic carbocycles. The molecular weight excluding hydrogens is 401 g/mol. The standard InChI is InChI=1S/C22H28FN5OS/c1-29-19-14-18(28-12-4-5-13-28)25-20(26-19)27-21(30)24-15-22(10-2-3-11-22)16-6-8-17(23)9-7-16/h6-9,14H,2-5,10-13,15H2,1H3,(H2,24,25,26,27,30). The molecule has 160 valence electrons. The molecule has 30 heavy (non-hydrogen) atoms. The number of nitrogens with zero attached hydrogens (tertiary/aromatic N) is 3. The van der Waals surface area contributed by atoms with E-state index in [2.05, 4.69) is 25.5 Å². The van der Waals surface area contributed by atoms with E-state index in [0.29, 0.717) is 23.5 Å². The number of benzene rings is 1. The van der Waals surface area contributed by atoms with E-state index in [4.69, 9.17) is 17.0 Å². The number of thiocarbonyl (C=S) groups is 1. The highest BCUT2D eigenvalue weighted by Gasteiger charge is 2.35. The van der Waals surface area contributed by atoms with Gasteiger partial charge in [0.25, 0.3) is 0 Å². The van der Waals surface area contributed by atoms with Gasteiger partial charge in [-0.15, -0.1) is 0 Å². The van der Waals surface area contributed by atoms with Gasteiger partial charge in [0.05, 0.1) is 7.11 Å². The minimum absolute atomic E-state index is 0.0324. The fraction of sp³-hybridized carbons (Fsp3) is 0.500. The summed E-state index contributed by atoms with van der Waals surface area (Å²) in [4.78, 5) is 11.2. The number of methoxy groups -OCH3 is 1. The second-order valence-corrected chi connectivity index (χ2v) is 8.50. The van der Waals surface area contributed by atoms with Crippen molar-refractivity contribution in [2.45, 2.75) is 43.9 Å². The summed E-state index contributed by atoms with van der Waals surface area (Å²) >= 11 is 5.53. The molecule has 2 aromatic rings. The van der Waals surface area contributed by atoms with Gasteiger partial charge < -0.3 is 20.3 Å². The molecule has 8 heteroatoms. The molecule has 0 spiro atoms. The highest BCUT2D eigenvalue weighted by Crippen LogP contribution is 2.40. The number of nitrogens with one attached hydrogen (secondary N) is 2. The number of hydrogen-bond acceptors (Lipinski definition) is 5. The number of anilines is 2. The lowest BCUT2D eigenvalue weighted by atomic mass is 9.79. The maximum Gasteiger partial charge on any atom is 0.234 e. The van der Waals surface area contributed by atoms with Gasteiger partial charge in [-0.1, -0.05) is 25.0 Å². The summed E-state index contributed by atoms with van der Waals surface area (Å²) in [7, 11) is 1.60. The lowest BCUT2D eigenvalue weighted by molar-refractivity contribution is 0.397. The quantitative estimate of drug-likeness (QED) is 0.673. The lowest BCUT2D eigenvalue weighted by Gasteiger charge is -2.30. The van der Waals surface area contributed by atoms with E-state index in [1.54, 1.807) is 7.11 Å². The molecular formula is C22H28FN5OS. The van der Waals surface area contributed by atoms with Crippen LogP contribution in [0.1, 0.15) is 44.1 Å². The van der Waals surface area contributed by atoms with Crippen LogP contribution in [0.15, 0.2) is 30.3 Å².